The summed E-state index contributed by atoms with van der Waals surface area (Å²) in [4.78, 5) is 28.8. The molecule has 1 amide bonds. The van der Waals surface area contributed by atoms with E-state index in [-0.39, 0.29) is 17.6 Å². The van der Waals surface area contributed by atoms with Crippen molar-refractivity contribution in [2.45, 2.75) is 51.5 Å². The third-order valence-corrected chi connectivity index (χ3v) is 7.33. The molecule has 3 aromatic rings. The highest BCUT2D eigenvalue weighted by Gasteiger charge is 2.40. The maximum Gasteiger partial charge on any atom is 0.224 e. The standard InChI is InChI=1S/C31H32N2O3/c1-19(2)21-9-11-23(12-10-21)31-30-27(32-26-7-5-6-8-28(26)33(31)20(3)34)17-24(18-29(30)35)22-13-15-25(36-4)16-14-22/h5-16,19,24,31-32H,17-18H2,1-4H3. The number of hydrogen-bond donors (Lipinski definition) is 1. The number of amides is 1. The average molecular weight is 481 g/mol. The fraction of sp³-hybridized carbons (Fsp3) is 0.290. The lowest BCUT2D eigenvalue weighted by atomic mass is 9.78. The minimum absolute atomic E-state index is 0.0506. The van der Waals surface area contributed by atoms with Gasteiger partial charge in [0.15, 0.2) is 5.78 Å². The quantitative estimate of drug-likeness (QED) is 0.449. The van der Waals surface area contributed by atoms with Gasteiger partial charge in [0.25, 0.3) is 0 Å². The molecule has 5 rings (SSSR count). The number of fused-ring (bicyclic) bond motifs is 1. The number of carbonyl (C=O) groups excluding carboxylic acids is 2. The minimum atomic E-state index is -0.487. The Kier molecular flexibility index (Phi) is 6.40. The normalized spacial score (nSPS) is 19.4. The Hall–Kier alpha value is -3.86. The zero-order valence-electron chi connectivity index (χ0n) is 21.2. The van der Waals surface area contributed by atoms with Crippen LogP contribution in [-0.2, 0) is 9.59 Å². The van der Waals surface area contributed by atoms with Crippen LogP contribution in [0.1, 0.15) is 68.2 Å². The lowest BCUT2D eigenvalue weighted by Crippen LogP contribution is -2.37. The SMILES string of the molecule is COc1ccc(C2CC(=O)C3=C(C2)Nc2ccccc2N(C(C)=O)C3c2ccc(C(C)C)cc2)cc1. The summed E-state index contributed by atoms with van der Waals surface area (Å²) in [5.74, 6) is 1.22. The molecule has 1 heterocycles. The van der Waals surface area contributed by atoms with Gasteiger partial charge < -0.3 is 10.1 Å². The fourth-order valence-corrected chi connectivity index (χ4v) is 5.43. The number of ketones is 1. The molecular weight excluding hydrogens is 448 g/mol. The third kappa shape index (κ3) is 4.30. The molecule has 0 bridgehead atoms. The van der Waals surface area contributed by atoms with Gasteiger partial charge in [-0.05, 0) is 59.2 Å². The van der Waals surface area contributed by atoms with Gasteiger partial charge in [0, 0.05) is 24.6 Å². The number of Topliss-reactive ketones (excluding diaryl/α,β-unsaturated/α-hetero) is 1. The molecule has 0 aromatic heterocycles. The molecule has 0 fully saturated rings. The van der Waals surface area contributed by atoms with Crippen LogP contribution in [-0.4, -0.2) is 18.8 Å². The Morgan fingerprint density at radius 2 is 1.61 bits per heavy atom. The van der Waals surface area contributed by atoms with E-state index in [1.165, 1.54) is 5.56 Å². The van der Waals surface area contributed by atoms with E-state index in [1.54, 1.807) is 18.9 Å². The number of carbonyl (C=O) groups is 2. The number of ether oxygens (including phenoxy) is 1. The first kappa shape index (κ1) is 23.9. The van der Waals surface area contributed by atoms with Gasteiger partial charge in [-0.1, -0.05) is 62.4 Å². The van der Waals surface area contributed by atoms with Crippen molar-refractivity contribution in [3.63, 3.8) is 0 Å². The van der Waals surface area contributed by atoms with Crippen molar-refractivity contribution in [3.8, 4) is 5.75 Å². The molecule has 1 N–H and O–H groups in total. The van der Waals surface area contributed by atoms with Crippen LogP contribution in [0, 0.1) is 0 Å². The van der Waals surface area contributed by atoms with Gasteiger partial charge >= 0.3 is 0 Å². The summed E-state index contributed by atoms with van der Waals surface area (Å²) in [5.41, 5.74) is 6.47. The summed E-state index contributed by atoms with van der Waals surface area (Å²) >= 11 is 0. The topological polar surface area (TPSA) is 58.6 Å². The monoisotopic (exact) mass is 480 g/mol. The van der Waals surface area contributed by atoms with Crippen LogP contribution in [0.25, 0.3) is 0 Å². The van der Waals surface area contributed by atoms with Crippen molar-refractivity contribution in [2.75, 3.05) is 17.3 Å². The Morgan fingerprint density at radius 1 is 0.944 bits per heavy atom. The van der Waals surface area contributed by atoms with Crippen LogP contribution in [0.15, 0.2) is 84.1 Å². The Balaban J connectivity index is 1.65. The van der Waals surface area contributed by atoms with Crippen LogP contribution in [0.5, 0.6) is 5.75 Å². The van der Waals surface area contributed by atoms with E-state index in [4.69, 9.17) is 4.74 Å². The molecule has 5 heteroatoms. The first-order valence-electron chi connectivity index (χ1n) is 12.5. The van der Waals surface area contributed by atoms with Crippen molar-refractivity contribution in [1.29, 1.82) is 0 Å². The molecule has 0 spiro atoms. The molecule has 1 aliphatic heterocycles. The minimum Gasteiger partial charge on any atom is -0.497 e. The van der Waals surface area contributed by atoms with Gasteiger partial charge in [-0.15, -0.1) is 0 Å². The van der Waals surface area contributed by atoms with E-state index in [1.807, 2.05) is 48.5 Å². The number of nitrogens with zero attached hydrogens (tertiary/aromatic N) is 1. The zero-order chi connectivity index (χ0) is 25.4. The second kappa shape index (κ2) is 9.65. The lowest BCUT2D eigenvalue weighted by Gasteiger charge is -2.34. The second-order valence-electron chi connectivity index (χ2n) is 9.95. The van der Waals surface area contributed by atoms with Gasteiger partial charge in [-0.3, -0.25) is 14.5 Å². The summed E-state index contributed by atoms with van der Waals surface area (Å²) in [5, 5.41) is 3.57. The summed E-state index contributed by atoms with van der Waals surface area (Å²) in [7, 11) is 1.65. The van der Waals surface area contributed by atoms with Crippen molar-refractivity contribution in [3.05, 3.63) is 101 Å². The number of anilines is 2. The maximum atomic E-state index is 13.9. The second-order valence-corrected chi connectivity index (χ2v) is 9.95. The van der Waals surface area contributed by atoms with Crippen LogP contribution in [0.3, 0.4) is 0 Å². The third-order valence-electron chi connectivity index (χ3n) is 7.33. The van der Waals surface area contributed by atoms with E-state index < -0.39 is 6.04 Å². The van der Waals surface area contributed by atoms with E-state index in [9.17, 15) is 9.59 Å². The lowest BCUT2D eigenvalue weighted by molar-refractivity contribution is -0.117. The molecule has 5 nitrogen and oxygen atoms in total. The Bertz CT molecular complexity index is 1320. The van der Waals surface area contributed by atoms with Gasteiger partial charge in [0.05, 0.1) is 24.5 Å². The Morgan fingerprint density at radius 3 is 2.25 bits per heavy atom. The van der Waals surface area contributed by atoms with Crippen LogP contribution >= 0.6 is 0 Å². The summed E-state index contributed by atoms with van der Waals surface area (Å²) in [6.45, 7) is 5.89. The average Bonchev–Trinajstić information content (AvgIpc) is 3.03. The maximum absolute atomic E-state index is 13.9. The number of benzene rings is 3. The molecule has 2 atom stereocenters. The van der Waals surface area contributed by atoms with Crippen LogP contribution in [0.2, 0.25) is 0 Å². The number of rotatable bonds is 4. The molecule has 1 aliphatic carbocycles. The number of nitrogens with one attached hydrogen (secondary N) is 1. The zero-order valence-corrected chi connectivity index (χ0v) is 21.2. The molecule has 0 radical (unpaired) electrons. The van der Waals surface area contributed by atoms with E-state index in [2.05, 4.69) is 43.4 Å². The van der Waals surface area contributed by atoms with Gasteiger partial charge in [0.1, 0.15) is 5.75 Å². The number of hydrogen-bond acceptors (Lipinski definition) is 4. The van der Waals surface area contributed by atoms with Gasteiger partial charge in [0.2, 0.25) is 5.91 Å². The van der Waals surface area contributed by atoms with Crippen molar-refractivity contribution < 1.29 is 14.3 Å². The van der Waals surface area contributed by atoms with Crippen LogP contribution < -0.4 is 15.0 Å². The molecule has 3 aromatic carbocycles. The van der Waals surface area contributed by atoms with Crippen molar-refractivity contribution >= 4 is 23.1 Å². The highest BCUT2D eigenvalue weighted by molar-refractivity contribution is 6.06. The fourth-order valence-electron chi connectivity index (χ4n) is 5.43. The largest absolute Gasteiger partial charge is 0.497 e. The molecule has 36 heavy (non-hydrogen) atoms. The molecule has 184 valence electrons. The van der Waals surface area contributed by atoms with E-state index in [0.29, 0.717) is 24.3 Å². The van der Waals surface area contributed by atoms with E-state index in [0.717, 1.165) is 33.9 Å². The van der Waals surface area contributed by atoms with E-state index >= 15 is 0 Å². The van der Waals surface area contributed by atoms with Crippen LogP contribution in [0.4, 0.5) is 11.4 Å². The Labute approximate surface area is 212 Å². The summed E-state index contributed by atoms with van der Waals surface area (Å²) < 4.78 is 5.31. The number of methoxy groups -OCH3 is 1. The number of allylic oxidation sites excluding steroid dienone is 1. The first-order valence-corrected chi connectivity index (χ1v) is 12.5. The molecule has 2 aliphatic rings. The van der Waals surface area contributed by atoms with Gasteiger partial charge in [-0.25, -0.2) is 0 Å². The predicted octanol–water partition coefficient (Wildman–Crippen LogP) is 6.74. The highest BCUT2D eigenvalue weighted by Crippen LogP contribution is 2.47. The van der Waals surface area contributed by atoms with Crippen molar-refractivity contribution in [1.82, 2.24) is 0 Å². The first-order chi connectivity index (χ1) is 17.4. The molecule has 2 unspecified atom stereocenters. The highest BCUT2D eigenvalue weighted by atomic mass is 16.5. The summed E-state index contributed by atoms with van der Waals surface area (Å²) in [6.07, 6.45) is 1.09. The molecular formula is C31H32N2O3. The smallest absolute Gasteiger partial charge is 0.224 e. The summed E-state index contributed by atoms with van der Waals surface area (Å²) in [6, 6.07) is 23.6. The predicted molar refractivity (Wildman–Crippen MR) is 143 cm³/mol. The number of para-hydroxylation sites is 2. The van der Waals surface area contributed by atoms with Gasteiger partial charge in [-0.2, -0.15) is 0 Å². The van der Waals surface area contributed by atoms with Crippen molar-refractivity contribution in [2.24, 2.45) is 0 Å². The molecule has 0 saturated carbocycles. The molecule has 0 saturated heterocycles.